The molecule has 8 heteroatoms. The zero-order chi connectivity index (χ0) is 21.4. The van der Waals surface area contributed by atoms with Gasteiger partial charge < -0.3 is 15.7 Å². The number of pyridine rings is 2. The molecular weight excluding hydrogens is 456 g/mol. The van der Waals surface area contributed by atoms with Gasteiger partial charge in [0, 0.05) is 17.6 Å². The van der Waals surface area contributed by atoms with Gasteiger partial charge in [0.2, 0.25) is 0 Å². The van der Waals surface area contributed by atoms with Gasteiger partial charge in [-0.15, -0.1) is 0 Å². The Morgan fingerprint density at radius 3 is 2.58 bits per heavy atom. The van der Waals surface area contributed by atoms with Crippen LogP contribution in [0.3, 0.4) is 0 Å². The summed E-state index contributed by atoms with van der Waals surface area (Å²) >= 11 is 3.54. The van der Waals surface area contributed by atoms with Crippen LogP contribution in [0.25, 0.3) is 33.5 Å². The largest absolute Gasteiger partial charge is 0.393 e. The highest BCUT2D eigenvalue weighted by Gasteiger charge is 2.18. The van der Waals surface area contributed by atoms with Gasteiger partial charge in [-0.1, -0.05) is 28.1 Å². The van der Waals surface area contributed by atoms with Crippen LogP contribution in [-0.2, 0) is 0 Å². The van der Waals surface area contributed by atoms with E-state index >= 15 is 0 Å². The second-order valence-corrected chi connectivity index (χ2v) is 8.56. The number of hydrogen-bond acceptors (Lipinski definition) is 7. The predicted octanol–water partition coefficient (Wildman–Crippen LogP) is 4.06. The predicted molar refractivity (Wildman–Crippen MR) is 126 cm³/mol. The van der Waals surface area contributed by atoms with Crippen molar-refractivity contribution in [3.63, 3.8) is 0 Å². The van der Waals surface area contributed by atoms with Crippen LogP contribution in [0.4, 0.5) is 11.5 Å². The number of aliphatic hydroxyl groups excluding tert-OH is 1. The monoisotopic (exact) mass is 476 g/mol. The summed E-state index contributed by atoms with van der Waals surface area (Å²) in [6.07, 6.45) is 4.67. The number of benzene rings is 1. The van der Waals surface area contributed by atoms with E-state index in [1.165, 1.54) is 6.33 Å². The molecule has 31 heavy (non-hydrogen) atoms. The van der Waals surface area contributed by atoms with Crippen molar-refractivity contribution < 1.29 is 5.11 Å². The summed E-state index contributed by atoms with van der Waals surface area (Å²) in [6, 6.07) is 14.0. The van der Waals surface area contributed by atoms with E-state index in [4.69, 9.17) is 10.7 Å². The van der Waals surface area contributed by atoms with Gasteiger partial charge in [-0.25, -0.2) is 15.0 Å². The first-order chi connectivity index (χ1) is 15.1. The number of anilines is 2. The van der Waals surface area contributed by atoms with Crippen molar-refractivity contribution in [2.75, 3.05) is 23.7 Å². The molecule has 1 aromatic carbocycles. The molecule has 0 radical (unpaired) electrons. The SMILES string of the molecule is Nc1ncnc2nc(-c3ccc(N4CCC(O)CC4)cn3)cc(-c3cccc(Br)c3)c12. The number of nitrogens with two attached hydrogens (primary N) is 1. The first-order valence-electron chi connectivity index (χ1n) is 10.1. The lowest BCUT2D eigenvalue weighted by Gasteiger charge is -2.31. The summed E-state index contributed by atoms with van der Waals surface area (Å²) in [7, 11) is 0. The van der Waals surface area contributed by atoms with Crippen LogP contribution in [0.15, 0.2) is 59.5 Å². The van der Waals surface area contributed by atoms with E-state index in [0.29, 0.717) is 11.5 Å². The smallest absolute Gasteiger partial charge is 0.165 e. The maximum Gasteiger partial charge on any atom is 0.165 e. The third kappa shape index (κ3) is 3.96. The number of piperidine rings is 1. The minimum atomic E-state index is -0.198. The topological polar surface area (TPSA) is 101 Å². The van der Waals surface area contributed by atoms with Gasteiger partial charge in [0.15, 0.2) is 5.65 Å². The first-order valence-corrected chi connectivity index (χ1v) is 10.9. The van der Waals surface area contributed by atoms with E-state index in [-0.39, 0.29) is 6.10 Å². The number of nitrogen functional groups attached to an aromatic ring is 1. The van der Waals surface area contributed by atoms with Crippen LogP contribution in [0.1, 0.15) is 12.8 Å². The molecule has 0 spiro atoms. The Morgan fingerprint density at radius 2 is 1.84 bits per heavy atom. The lowest BCUT2D eigenvalue weighted by Crippen LogP contribution is -2.35. The molecule has 1 aliphatic rings. The summed E-state index contributed by atoms with van der Waals surface area (Å²) in [5, 5.41) is 10.5. The lowest BCUT2D eigenvalue weighted by molar-refractivity contribution is 0.145. The fourth-order valence-corrected chi connectivity index (χ4v) is 4.35. The molecule has 4 aromatic rings. The number of rotatable bonds is 3. The van der Waals surface area contributed by atoms with E-state index in [2.05, 4.69) is 41.8 Å². The molecule has 0 bridgehead atoms. The second-order valence-electron chi connectivity index (χ2n) is 7.64. The molecule has 156 valence electrons. The van der Waals surface area contributed by atoms with Gasteiger partial charge in [-0.3, -0.25) is 4.98 Å². The van der Waals surface area contributed by atoms with Gasteiger partial charge in [0.1, 0.15) is 12.1 Å². The van der Waals surface area contributed by atoms with Crippen LogP contribution < -0.4 is 10.6 Å². The Bertz CT molecular complexity index is 1240. The van der Waals surface area contributed by atoms with Gasteiger partial charge in [-0.2, -0.15) is 0 Å². The van der Waals surface area contributed by atoms with Crippen molar-refractivity contribution in [2.45, 2.75) is 18.9 Å². The van der Waals surface area contributed by atoms with Crippen LogP contribution in [0, 0.1) is 0 Å². The Balaban J connectivity index is 1.58. The molecule has 3 N–H and O–H groups in total. The van der Waals surface area contributed by atoms with Crippen molar-refractivity contribution in [1.82, 2.24) is 19.9 Å². The second kappa shape index (κ2) is 8.20. The number of halogens is 1. The van der Waals surface area contributed by atoms with Gasteiger partial charge in [0.25, 0.3) is 0 Å². The molecule has 1 saturated heterocycles. The molecule has 5 rings (SSSR count). The van der Waals surface area contributed by atoms with Crippen molar-refractivity contribution in [1.29, 1.82) is 0 Å². The van der Waals surface area contributed by atoms with Crippen LogP contribution in [0.5, 0.6) is 0 Å². The zero-order valence-corrected chi connectivity index (χ0v) is 18.3. The summed E-state index contributed by atoms with van der Waals surface area (Å²) < 4.78 is 0.973. The van der Waals surface area contributed by atoms with Crippen molar-refractivity contribution in [3.05, 3.63) is 59.5 Å². The highest BCUT2D eigenvalue weighted by molar-refractivity contribution is 9.10. The number of fused-ring (bicyclic) bond motifs is 1. The van der Waals surface area contributed by atoms with Crippen LogP contribution >= 0.6 is 15.9 Å². The highest BCUT2D eigenvalue weighted by atomic mass is 79.9. The van der Waals surface area contributed by atoms with Crippen molar-refractivity contribution in [2.24, 2.45) is 0 Å². The summed E-state index contributed by atoms with van der Waals surface area (Å²) in [6.45, 7) is 1.67. The van der Waals surface area contributed by atoms with E-state index in [1.807, 2.05) is 42.6 Å². The van der Waals surface area contributed by atoms with E-state index in [1.54, 1.807) is 0 Å². The molecule has 3 aromatic heterocycles. The maximum absolute atomic E-state index is 9.74. The molecule has 0 atom stereocenters. The van der Waals surface area contributed by atoms with Crippen molar-refractivity contribution in [3.8, 4) is 22.5 Å². The lowest BCUT2D eigenvalue weighted by atomic mass is 10.0. The molecule has 4 heterocycles. The highest BCUT2D eigenvalue weighted by Crippen LogP contribution is 2.34. The number of nitrogens with zero attached hydrogens (tertiary/aromatic N) is 5. The fraction of sp³-hybridized carbons (Fsp3) is 0.217. The Morgan fingerprint density at radius 1 is 1.00 bits per heavy atom. The number of hydrogen-bond donors (Lipinski definition) is 2. The van der Waals surface area contributed by atoms with E-state index in [0.717, 1.165) is 64.0 Å². The van der Waals surface area contributed by atoms with Gasteiger partial charge in [0.05, 0.1) is 34.8 Å². The molecular formula is C23H21BrN6O. The summed E-state index contributed by atoms with van der Waals surface area (Å²) in [5.41, 5.74) is 11.2. The van der Waals surface area contributed by atoms with Gasteiger partial charge >= 0.3 is 0 Å². The minimum Gasteiger partial charge on any atom is -0.393 e. The summed E-state index contributed by atoms with van der Waals surface area (Å²) in [5.74, 6) is 0.398. The Labute approximate surface area is 188 Å². The molecule has 1 fully saturated rings. The molecule has 0 unspecified atom stereocenters. The third-order valence-electron chi connectivity index (χ3n) is 5.61. The molecule has 0 saturated carbocycles. The molecule has 1 aliphatic heterocycles. The standard InChI is InChI=1S/C23H21BrN6O/c24-15-3-1-2-14(10-15)18-11-20(29-23-21(18)22(25)27-13-28-23)19-5-4-16(12-26-19)30-8-6-17(31)7-9-30/h1-5,10-13,17,31H,6-9H2,(H2,25,27,28,29). The van der Waals surface area contributed by atoms with Gasteiger partial charge in [-0.05, 0) is 54.3 Å². The summed E-state index contributed by atoms with van der Waals surface area (Å²) in [4.78, 5) is 20.2. The number of aliphatic hydroxyl groups is 1. The maximum atomic E-state index is 9.74. The molecule has 0 amide bonds. The first kappa shape index (κ1) is 19.8. The van der Waals surface area contributed by atoms with Crippen LogP contribution in [0.2, 0.25) is 0 Å². The Kier molecular flexibility index (Phi) is 5.25. The minimum absolute atomic E-state index is 0.198. The average molecular weight is 477 g/mol. The average Bonchev–Trinajstić information content (AvgIpc) is 2.79. The molecule has 0 aliphatic carbocycles. The quantitative estimate of drug-likeness (QED) is 0.459. The zero-order valence-electron chi connectivity index (χ0n) is 16.7. The van der Waals surface area contributed by atoms with E-state index < -0.39 is 0 Å². The normalized spacial score (nSPS) is 14.8. The fourth-order valence-electron chi connectivity index (χ4n) is 3.95. The van der Waals surface area contributed by atoms with Crippen molar-refractivity contribution >= 4 is 38.5 Å². The Hall–Kier alpha value is -3.10. The van der Waals surface area contributed by atoms with E-state index in [9.17, 15) is 5.11 Å². The number of aromatic nitrogens is 4. The molecule has 7 nitrogen and oxygen atoms in total. The third-order valence-corrected chi connectivity index (χ3v) is 6.10. The van der Waals surface area contributed by atoms with Crippen LogP contribution in [-0.4, -0.2) is 44.2 Å².